The van der Waals surface area contributed by atoms with Crippen LogP contribution in [-0.2, 0) is 14.4 Å². The van der Waals surface area contributed by atoms with Crippen molar-refractivity contribution in [2.75, 3.05) is 16.8 Å². The molecule has 1 saturated heterocycles. The van der Waals surface area contributed by atoms with Crippen LogP contribution in [0.1, 0.15) is 50.2 Å². The molecule has 6 nitrogen and oxygen atoms in total. The Balaban J connectivity index is 1.69. The number of carboxylic acid groups (broad SMARTS) is 1. The molecule has 1 fully saturated rings. The molecule has 2 aromatic carbocycles. The van der Waals surface area contributed by atoms with Crippen LogP contribution in [0.3, 0.4) is 0 Å². The summed E-state index contributed by atoms with van der Waals surface area (Å²) in [7, 11) is 0. The van der Waals surface area contributed by atoms with Crippen LogP contribution in [0.4, 0.5) is 11.4 Å². The molecule has 1 aliphatic heterocycles. The van der Waals surface area contributed by atoms with Gasteiger partial charge in [-0.05, 0) is 54.7 Å². The van der Waals surface area contributed by atoms with E-state index < -0.39 is 17.8 Å². The van der Waals surface area contributed by atoms with E-state index in [4.69, 9.17) is 5.11 Å². The fourth-order valence-electron chi connectivity index (χ4n) is 3.48. The Morgan fingerprint density at radius 3 is 2.38 bits per heavy atom. The van der Waals surface area contributed by atoms with E-state index in [1.54, 1.807) is 36.1 Å². The van der Waals surface area contributed by atoms with Crippen LogP contribution in [0.25, 0.3) is 0 Å². The van der Waals surface area contributed by atoms with Gasteiger partial charge in [-0.3, -0.25) is 14.4 Å². The minimum absolute atomic E-state index is 0.213. The predicted octanol–water partition coefficient (Wildman–Crippen LogP) is 3.99. The molecule has 1 heterocycles. The molecule has 0 aromatic heterocycles. The van der Waals surface area contributed by atoms with Crippen LogP contribution < -0.4 is 10.2 Å². The van der Waals surface area contributed by atoms with Gasteiger partial charge in [-0.1, -0.05) is 38.1 Å². The third-order valence-corrected chi connectivity index (χ3v) is 5.42. The third kappa shape index (κ3) is 4.47. The second kappa shape index (κ2) is 8.47. The van der Waals surface area contributed by atoms with Crippen LogP contribution in [0.2, 0.25) is 0 Å². The Morgan fingerprint density at radius 2 is 1.76 bits per heavy atom. The molecule has 2 aromatic rings. The highest BCUT2D eigenvalue weighted by atomic mass is 16.4. The second-order valence-corrected chi connectivity index (χ2v) is 7.75. The fourth-order valence-corrected chi connectivity index (χ4v) is 3.48. The Labute approximate surface area is 170 Å². The number of hydrogen-bond donors (Lipinski definition) is 2. The van der Waals surface area contributed by atoms with Crippen molar-refractivity contribution in [3.05, 3.63) is 59.7 Å². The lowest BCUT2D eigenvalue weighted by molar-refractivity contribution is -0.138. The van der Waals surface area contributed by atoms with Crippen LogP contribution >= 0.6 is 0 Å². The monoisotopic (exact) mass is 394 g/mol. The first-order chi connectivity index (χ1) is 13.8. The lowest BCUT2D eigenvalue weighted by Gasteiger charge is -2.18. The van der Waals surface area contributed by atoms with Gasteiger partial charge in [0, 0.05) is 17.9 Å². The number of carbonyl (C=O) groups excluding carboxylic acids is 2. The summed E-state index contributed by atoms with van der Waals surface area (Å²) in [6, 6.07) is 14.6. The molecule has 0 spiro atoms. The highest BCUT2D eigenvalue weighted by Crippen LogP contribution is 2.28. The Hall–Kier alpha value is -3.15. The standard InChI is InChI=1S/C23H26N2O4/c1-14(2)16-7-9-19(10-8-16)25-12-11-20(22(25)27)21(26)24-18-6-4-5-17(13-18)15(3)23(28)29/h4-10,13-15,20H,11-12H2,1-3H3,(H,24,26)(H,28,29). The van der Waals surface area contributed by atoms with Crippen LogP contribution in [-0.4, -0.2) is 29.4 Å². The summed E-state index contributed by atoms with van der Waals surface area (Å²) < 4.78 is 0. The lowest BCUT2D eigenvalue weighted by atomic mass is 10.0. The molecule has 1 aliphatic rings. The van der Waals surface area contributed by atoms with Gasteiger partial charge in [0.1, 0.15) is 5.92 Å². The zero-order valence-electron chi connectivity index (χ0n) is 16.9. The Bertz CT molecular complexity index is 921. The molecule has 2 N–H and O–H groups in total. The summed E-state index contributed by atoms with van der Waals surface area (Å²) in [5.74, 6) is -2.52. The van der Waals surface area contributed by atoms with E-state index in [0.29, 0.717) is 30.1 Å². The van der Waals surface area contributed by atoms with E-state index >= 15 is 0 Å². The lowest BCUT2D eigenvalue weighted by Crippen LogP contribution is -2.33. The molecule has 6 heteroatoms. The SMILES string of the molecule is CC(C)c1ccc(N2CCC(C(=O)Nc3cccc(C(C)C(=O)O)c3)C2=O)cc1. The van der Waals surface area contributed by atoms with Gasteiger partial charge in [0.05, 0.1) is 5.92 Å². The minimum atomic E-state index is -0.932. The third-order valence-electron chi connectivity index (χ3n) is 5.42. The number of nitrogens with zero attached hydrogens (tertiary/aromatic N) is 1. The molecule has 2 amide bonds. The van der Waals surface area contributed by atoms with Crippen molar-refractivity contribution in [1.82, 2.24) is 0 Å². The maximum absolute atomic E-state index is 12.8. The number of nitrogens with one attached hydrogen (secondary N) is 1. The maximum Gasteiger partial charge on any atom is 0.310 e. The molecule has 2 unspecified atom stereocenters. The number of aliphatic carboxylic acids is 1. The van der Waals surface area contributed by atoms with E-state index in [-0.39, 0.29) is 11.8 Å². The smallest absolute Gasteiger partial charge is 0.310 e. The average molecular weight is 394 g/mol. The largest absolute Gasteiger partial charge is 0.481 e. The van der Waals surface area contributed by atoms with Crippen LogP contribution in [0.15, 0.2) is 48.5 Å². The first-order valence-corrected chi connectivity index (χ1v) is 9.83. The van der Waals surface area contributed by atoms with Crippen molar-refractivity contribution in [3.63, 3.8) is 0 Å². The molecule has 152 valence electrons. The second-order valence-electron chi connectivity index (χ2n) is 7.75. The van der Waals surface area contributed by atoms with E-state index in [9.17, 15) is 14.4 Å². The predicted molar refractivity (Wildman–Crippen MR) is 112 cm³/mol. The molecule has 2 atom stereocenters. The fraction of sp³-hybridized carbons (Fsp3) is 0.348. The van der Waals surface area contributed by atoms with E-state index in [1.165, 1.54) is 5.56 Å². The topological polar surface area (TPSA) is 86.7 Å². The Morgan fingerprint density at radius 1 is 1.07 bits per heavy atom. The number of amides is 2. The van der Waals surface area contributed by atoms with Gasteiger partial charge < -0.3 is 15.3 Å². The number of carboxylic acids is 1. The number of carbonyl (C=O) groups is 3. The average Bonchev–Trinajstić information content (AvgIpc) is 3.09. The van der Waals surface area contributed by atoms with Gasteiger partial charge in [-0.25, -0.2) is 0 Å². The van der Waals surface area contributed by atoms with E-state index in [0.717, 1.165) is 5.69 Å². The van der Waals surface area contributed by atoms with Gasteiger partial charge in [-0.15, -0.1) is 0 Å². The molecule has 29 heavy (non-hydrogen) atoms. The highest BCUT2D eigenvalue weighted by molar-refractivity contribution is 6.13. The molecular weight excluding hydrogens is 368 g/mol. The quantitative estimate of drug-likeness (QED) is 0.726. The molecule has 0 bridgehead atoms. The highest BCUT2D eigenvalue weighted by Gasteiger charge is 2.37. The van der Waals surface area contributed by atoms with E-state index in [2.05, 4.69) is 19.2 Å². The summed E-state index contributed by atoms with van der Waals surface area (Å²) in [5, 5.41) is 11.9. The zero-order valence-corrected chi connectivity index (χ0v) is 16.9. The molecule has 0 saturated carbocycles. The normalized spacial score (nSPS) is 17.4. The van der Waals surface area contributed by atoms with Crippen molar-refractivity contribution in [2.24, 2.45) is 5.92 Å². The van der Waals surface area contributed by atoms with E-state index in [1.807, 2.05) is 24.3 Å². The van der Waals surface area contributed by atoms with Gasteiger partial charge in [0.15, 0.2) is 0 Å². The van der Waals surface area contributed by atoms with Gasteiger partial charge in [0.2, 0.25) is 11.8 Å². The molecular formula is C23H26N2O4. The molecule has 3 rings (SSSR count). The summed E-state index contributed by atoms with van der Waals surface area (Å²) in [4.78, 5) is 38.3. The maximum atomic E-state index is 12.8. The number of benzene rings is 2. The van der Waals surface area contributed by atoms with Crippen molar-refractivity contribution in [3.8, 4) is 0 Å². The number of rotatable bonds is 6. The summed E-state index contributed by atoms with van der Waals surface area (Å²) in [6.07, 6.45) is 0.446. The summed E-state index contributed by atoms with van der Waals surface area (Å²) >= 11 is 0. The van der Waals surface area contributed by atoms with Gasteiger partial charge >= 0.3 is 5.97 Å². The van der Waals surface area contributed by atoms with Crippen molar-refractivity contribution in [2.45, 2.75) is 39.0 Å². The zero-order chi connectivity index (χ0) is 21.1. The minimum Gasteiger partial charge on any atom is -0.481 e. The molecule has 0 radical (unpaired) electrons. The summed E-state index contributed by atoms with van der Waals surface area (Å²) in [6.45, 7) is 6.31. The molecule has 0 aliphatic carbocycles. The van der Waals surface area contributed by atoms with Crippen molar-refractivity contribution < 1.29 is 19.5 Å². The van der Waals surface area contributed by atoms with Crippen molar-refractivity contribution in [1.29, 1.82) is 0 Å². The number of hydrogen-bond acceptors (Lipinski definition) is 3. The van der Waals surface area contributed by atoms with Crippen LogP contribution in [0.5, 0.6) is 0 Å². The Kier molecular flexibility index (Phi) is 6.01. The van der Waals surface area contributed by atoms with Gasteiger partial charge in [0.25, 0.3) is 0 Å². The number of anilines is 2. The summed E-state index contributed by atoms with van der Waals surface area (Å²) in [5.41, 5.74) is 3.09. The van der Waals surface area contributed by atoms with Crippen LogP contribution in [0, 0.1) is 5.92 Å². The van der Waals surface area contributed by atoms with Crippen molar-refractivity contribution >= 4 is 29.2 Å². The van der Waals surface area contributed by atoms with Gasteiger partial charge in [-0.2, -0.15) is 0 Å². The first-order valence-electron chi connectivity index (χ1n) is 9.83. The first kappa shape index (κ1) is 20.6.